The van der Waals surface area contributed by atoms with Gasteiger partial charge < -0.3 is 11.1 Å². The highest BCUT2D eigenvalue weighted by Crippen LogP contribution is 2.26. The van der Waals surface area contributed by atoms with E-state index in [9.17, 15) is 4.79 Å². The SMILES string of the molecule is CCC(C)(NC(=O)c1cccc(Cl)c1Cl)C(N)=S. The van der Waals surface area contributed by atoms with Crippen LogP contribution in [-0.2, 0) is 0 Å². The molecule has 0 saturated heterocycles. The Labute approximate surface area is 122 Å². The molecule has 0 spiro atoms. The van der Waals surface area contributed by atoms with E-state index in [4.69, 9.17) is 41.2 Å². The van der Waals surface area contributed by atoms with Crippen LogP contribution in [0, 0.1) is 0 Å². The topological polar surface area (TPSA) is 55.1 Å². The number of benzene rings is 1. The minimum absolute atomic E-state index is 0.220. The Kier molecular flexibility index (Phi) is 4.96. The van der Waals surface area contributed by atoms with E-state index in [1.807, 2.05) is 6.92 Å². The van der Waals surface area contributed by atoms with Crippen LogP contribution in [0.1, 0.15) is 30.6 Å². The Morgan fingerprint density at radius 1 is 1.50 bits per heavy atom. The fourth-order valence-corrected chi connectivity index (χ4v) is 1.90. The van der Waals surface area contributed by atoms with Crippen molar-refractivity contribution in [3.8, 4) is 0 Å². The zero-order chi connectivity index (χ0) is 13.9. The second-order valence-corrected chi connectivity index (χ2v) is 5.33. The number of nitrogens with two attached hydrogens (primary N) is 1. The van der Waals surface area contributed by atoms with Crippen LogP contribution in [0.5, 0.6) is 0 Å². The number of halogens is 2. The number of rotatable bonds is 4. The summed E-state index contributed by atoms with van der Waals surface area (Å²) in [5.41, 5.74) is 5.20. The van der Waals surface area contributed by atoms with Gasteiger partial charge in [-0.3, -0.25) is 4.79 Å². The average molecular weight is 305 g/mol. The molecule has 1 rings (SSSR count). The molecular formula is C12H14Cl2N2OS. The van der Waals surface area contributed by atoms with E-state index >= 15 is 0 Å². The molecule has 3 nitrogen and oxygen atoms in total. The van der Waals surface area contributed by atoms with Gasteiger partial charge in [0.1, 0.15) is 0 Å². The zero-order valence-electron chi connectivity index (χ0n) is 10.1. The molecule has 1 atom stereocenters. The van der Waals surface area contributed by atoms with Crippen molar-refractivity contribution in [2.75, 3.05) is 0 Å². The minimum Gasteiger partial charge on any atom is -0.391 e. The van der Waals surface area contributed by atoms with Crippen molar-refractivity contribution in [2.24, 2.45) is 5.73 Å². The number of thiocarbonyl (C=S) groups is 1. The number of hydrogen-bond donors (Lipinski definition) is 2. The van der Waals surface area contributed by atoms with E-state index < -0.39 is 5.54 Å². The summed E-state index contributed by atoms with van der Waals surface area (Å²) in [6.07, 6.45) is 0.590. The molecule has 0 fully saturated rings. The van der Waals surface area contributed by atoms with Crippen molar-refractivity contribution in [1.82, 2.24) is 5.32 Å². The third-order valence-electron chi connectivity index (χ3n) is 2.84. The molecule has 1 amide bonds. The van der Waals surface area contributed by atoms with Crippen molar-refractivity contribution in [2.45, 2.75) is 25.8 Å². The minimum atomic E-state index is -0.738. The molecule has 0 aliphatic heterocycles. The van der Waals surface area contributed by atoms with E-state index in [-0.39, 0.29) is 15.9 Å². The fraction of sp³-hybridized carbons (Fsp3) is 0.333. The highest BCUT2D eigenvalue weighted by atomic mass is 35.5. The maximum absolute atomic E-state index is 12.1. The molecule has 18 heavy (non-hydrogen) atoms. The van der Waals surface area contributed by atoms with E-state index in [0.717, 1.165) is 0 Å². The number of nitrogens with one attached hydrogen (secondary N) is 1. The van der Waals surface area contributed by atoms with Gasteiger partial charge in [-0.15, -0.1) is 0 Å². The Morgan fingerprint density at radius 2 is 2.11 bits per heavy atom. The summed E-state index contributed by atoms with van der Waals surface area (Å²) >= 11 is 16.8. The lowest BCUT2D eigenvalue weighted by Gasteiger charge is -2.28. The fourth-order valence-electron chi connectivity index (χ4n) is 1.32. The molecule has 1 aromatic rings. The molecule has 6 heteroatoms. The van der Waals surface area contributed by atoms with Gasteiger partial charge in [0.15, 0.2) is 0 Å². The molecule has 98 valence electrons. The predicted octanol–water partition coefficient (Wildman–Crippen LogP) is 3.18. The summed E-state index contributed by atoms with van der Waals surface area (Å²) in [6, 6.07) is 4.87. The van der Waals surface area contributed by atoms with Crippen molar-refractivity contribution in [3.63, 3.8) is 0 Å². The first-order valence-electron chi connectivity index (χ1n) is 5.38. The first kappa shape index (κ1) is 15.2. The van der Waals surface area contributed by atoms with Crippen LogP contribution in [0.2, 0.25) is 10.0 Å². The Bertz CT molecular complexity index is 493. The van der Waals surface area contributed by atoms with Crippen LogP contribution in [0.4, 0.5) is 0 Å². The molecular weight excluding hydrogens is 291 g/mol. The first-order valence-corrected chi connectivity index (χ1v) is 6.54. The van der Waals surface area contributed by atoms with Crippen LogP contribution in [0.15, 0.2) is 18.2 Å². The third-order valence-corrected chi connectivity index (χ3v) is 4.11. The predicted molar refractivity (Wildman–Crippen MR) is 79.4 cm³/mol. The summed E-state index contributed by atoms with van der Waals surface area (Å²) in [5.74, 6) is -0.348. The van der Waals surface area contributed by atoms with Crippen molar-refractivity contribution in [1.29, 1.82) is 0 Å². The highest BCUT2D eigenvalue weighted by Gasteiger charge is 2.28. The van der Waals surface area contributed by atoms with Crippen molar-refractivity contribution in [3.05, 3.63) is 33.8 Å². The van der Waals surface area contributed by atoms with Crippen LogP contribution < -0.4 is 11.1 Å². The summed E-state index contributed by atoms with van der Waals surface area (Å²) in [6.45, 7) is 3.66. The molecule has 0 aliphatic carbocycles. The molecule has 0 aromatic heterocycles. The number of amides is 1. The van der Waals surface area contributed by atoms with Crippen molar-refractivity contribution >= 4 is 46.3 Å². The van der Waals surface area contributed by atoms with E-state index in [0.29, 0.717) is 17.0 Å². The molecule has 0 saturated carbocycles. The van der Waals surface area contributed by atoms with E-state index in [1.54, 1.807) is 25.1 Å². The Hall–Kier alpha value is -0.840. The highest BCUT2D eigenvalue weighted by molar-refractivity contribution is 7.80. The van der Waals surface area contributed by atoms with Gasteiger partial charge in [0.25, 0.3) is 5.91 Å². The Morgan fingerprint density at radius 3 is 2.61 bits per heavy atom. The van der Waals surface area contributed by atoms with Gasteiger partial charge in [-0.25, -0.2) is 0 Å². The summed E-state index contributed by atoms with van der Waals surface area (Å²) in [5, 5.41) is 3.33. The molecule has 0 aliphatic rings. The van der Waals surface area contributed by atoms with Gasteiger partial charge in [0, 0.05) is 0 Å². The quantitative estimate of drug-likeness (QED) is 0.840. The normalized spacial score (nSPS) is 13.8. The summed E-state index contributed by atoms with van der Waals surface area (Å²) in [7, 11) is 0. The van der Waals surface area contributed by atoms with Crippen LogP contribution in [-0.4, -0.2) is 16.4 Å². The summed E-state index contributed by atoms with van der Waals surface area (Å²) in [4.78, 5) is 12.4. The molecule has 0 heterocycles. The largest absolute Gasteiger partial charge is 0.391 e. The van der Waals surface area contributed by atoms with Gasteiger partial charge in [-0.05, 0) is 25.5 Å². The third kappa shape index (κ3) is 3.13. The van der Waals surface area contributed by atoms with Crippen LogP contribution >= 0.6 is 35.4 Å². The Balaban J connectivity index is 3.02. The maximum Gasteiger partial charge on any atom is 0.253 e. The van der Waals surface area contributed by atoms with Gasteiger partial charge >= 0.3 is 0 Å². The number of hydrogen-bond acceptors (Lipinski definition) is 2. The van der Waals surface area contributed by atoms with Crippen molar-refractivity contribution < 1.29 is 4.79 Å². The average Bonchev–Trinajstić information content (AvgIpc) is 2.32. The van der Waals surface area contributed by atoms with Gasteiger partial charge in [0.2, 0.25) is 0 Å². The molecule has 3 N–H and O–H groups in total. The van der Waals surface area contributed by atoms with Gasteiger partial charge in [0.05, 0.1) is 26.1 Å². The van der Waals surface area contributed by atoms with Gasteiger partial charge in [-0.1, -0.05) is 48.4 Å². The second-order valence-electron chi connectivity index (χ2n) is 4.11. The van der Waals surface area contributed by atoms with E-state index in [2.05, 4.69) is 5.32 Å². The lowest BCUT2D eigenvalue weighted by atomic mass is 9.98. The van der Waals surface area contributed by atoms with Crippen LogP contribution in [0.25, 0.3) is 0 Å². The second kappa shape index (κ2) is 5.87. The van der Waals surface area contributed by atoms with Gasteiger partial charge in [-0.2, -0.15) is 0 Å². The standard InChI is InChI=1S/C12H14Cl2N2OS/c1-3-12(2,11(15)18)16-10(17)7-5-4-6-8(13)9(7)14/h4-6H,3H2,1-2H3,(H2,15,18)(H,16,17). The lowest BCUT2D eigenvalue weighted by Crippen LogP contribution is -2.54. The smallest absolute Gasteiger partial charge is 0.253 e. The molecule has 0 radical (unpaired) electrons. The maximum atomic E-state index is 12.1. The molecule has 0 bridgehead atoms. The number of carbonyl (C=O) groups excluding carboxylic acids is 1. The number of carbonyl (C=O) groups is 1. The zero-order valence-corrected chi connectivity index (χ0v) is 12.4. The molecule has 1 unspecified atom stereocenters. The lowest BCUT2D eigenvalue weighted by molar-refractivity contribution is 0.0926. The summed E-state index contributed by atoms with van der Waals surface area (Å²) < 4.78 is 0. The monoisotopic (exact) mass is 304 g/mol. The molecule has 1 aromatic carbocycles. The van der Waals surface area contributed by atoms with E-state index in [1.165, 1.54) is 0 Å². The first-order chi connectivity index (χ1) is 8.31. The van der Waals surface area contributed by atoms with Crippen LogP contribution in [0.3, 0.4) is 0 Å².